The lowest BCUT2D eigenvalue weighted by Crippen LogP contribution is -2.52. The van der Waals surface area contributed by atoms with E-state index in [4.69, 9.17) is 14.0 Å². The van der Waals surface area contributed by atoms with Gasteiger partial charge in [-0.25, -0.2) is 13.6 Å². The van der Waals surface area contributed by atoms with E-state index >= 15 is 0 Å². The third-order valence-electron chi connectivity index (χ3n) is 4.76. The molecule has 0 unspecified atom stereocenters. The molecule has 1 amide bonds. The number of thiophene rings is 1. The van der Waals surface area contributed by atoms with E-state index in [2.05, 4.69) is 15.5 Å². The molecule has 0 aliphatic carbocycles. The van der Waals surface area contributed by atoms with Gasteiger partial charge in [0, 0.05) is 37.8 Å². The molecule has 1 saturated heterocycles. The molecule has 11 heteroatoms. The number of hydrogen-bond acceptors (Lipinski definition) is 8. The molecule has 4 rings (SSSR count). The summed E-state index contributed by atoms with van der Waals surface area (Å²) in [6.07, 6.45) is -0.605. The molecular formula is C20H20F2N4O4S. The molecule has 1 N–H and O–H groups in total. The number of nitrogens with zero attached hydrogens (tertiary/aromatic N) is 3. The Hall–Kier alpha value is -3.05. The number of amides is 1. The highest BCUT2D eigenvalue weighted by Gasteiger charge is 2.25. The smallest absolute Gasteiger partial charge is 0.410 e. The Labute approximate surface area is 180 Å². The van der Waals surface area contributed by atoms with E-state index < -0.39 is 24.3 Å². The van der Waals surface area contributed by atoms with Crippen molar-refractivity contribution in [2.75, 3.05) is 19.6 Å². The van der Waals surface area contributed by atoms with Crippen LogP contribution in [0.1, 0.15) is 18.3 Å². The summed E-state index contributed by atoms with van der Waals surface area (Å²) in [7, 11) is 0. The molecule has 31 heavy (non-hydrogen) atoms. The zero-order valence-corrected chi connectivity index (χ0v) is 17.5. The van der Waals surface area contributed by atoms with Gasteiger partial charge < -0.3 is 24.2 Å². The molecule has 0 bridgehead atoms. The summed E-state index contributed by atoms with van der Waals surface area (Å²) in [5, 5.41) is 8.82. The molecule has 8 nitrogen and oxygen atoms in total. The van der Waals surface area contributed by atoms with Gasteiger partial charge in [0.05, 0.1) is 10.4 Å². The summed E-state index contributed by atoms with van der Waals surface area (Å²) in [4.78, 5) is 18.7. The van der Waals surface area contributed by atoms with Gasteiger partial charge in [-0.05, 0) is 18.4 Å². The van der Waals surface area contributed by atoms with Gasteiger partial charge in [-0.1, -0.05) is 11.2 Å². The predicted molar refractivity (Wildman–Crippen MR) is 108 cm³/mol. The minimum atomic E-state index is -0.872. The average molecular weight is 450 g/mol. The molecule has 1 atom stereocenters. The van der Waals surface area contributed by atoms with E-state index in [9.17, 15) is 13.6 Å². The molecule has 2 aromatic heterocycles. The van der Waals surface area contributed by atoms with Crippen molar-refractivity contribution in [1.29, 1.82) is 0 Å². The van der Waals surface area contributed by atoms with Crippen LogP contribution < -0.4 is 10.1 Å². The predicted octanol–water partition coefficient (Wildman–Crippen LogP) is 3.59. The summed E-state index contributed by atoms with van der Waals surface area (Å²) in [6.45, 7) is 2.99. The van der Waals surface area contributed by atoms with Crippen molar-refractivity contribution in [3.05, 3.63) is 52.7 Å². The molecule has 1 aliphatic heterocycles. The molecule has 0 spiro atoms. The van der Waals surface area contributed by atoms with Crippen LogP contribution in [-0.4, -0.2) is 46.8 Å². The lowest BCUT2D eigenvalue weighted by Gasteiger charge is -2.33. The molecule has 164 valence electrons. The van der Waals surface area contributed by atoms with E-state index in [0.29, 0.717) is 25.5 Å². The molecule has 1 aliphatic rings. The highest BCUT2D eigenvalue weighted by Crippen LogP contribution is 2.24. The lowest BCUT2D eigenvalue weighted by atomic mass is 10.2. The fourth-order valence-corrected chi connectivity index (χ4v) is 3.74. The topological polar surface area (TPSA) is 89.7 Å². The zero-order chi connectivity index (χ0) is 21.8. The van der Waals surface area contributed by atoms with Crippen LogP contribution in [0.3, 0.4) is 0 Å². The van der Waals surface area contributed by atoms with E-state index in [1.807, 2.05) is 24.4 Å². The van der Waals surface area contributed by atoms with Gasteiger partial charge >= 0.3 is 6.09 Å². The van der Waals surface area contributed by atoms with Crippen LogP contribution in [0.15, 0.2) is 34.2 Å². The molecule has 0 radical (unpaired) electrons. The largest absolute Gasteiger partial charge is 0.485 e. The molecule has 1 aromatic carbocycles. The van der Waals surface area contributed by atoms with Gasteiger partial charge in [0.2, 0.25) is 5.82 Å². The first kappa shape index (κ1) is 21.2. The Kier molecular flexibility index (Phi) is 6.42. The number of ether oxygens (including phenoxy) is 2. The molecule has 0 saturated carbocycles. The first-order valence-corrected chi connectivity index (χ1v) is 10.5. The first-order chi connectivity index (χ1) is 15.0. The third kappa shape index (κ3) is 5.00. The number of hydrogen-bond donors (Lipinski definition) is 1. The zero-order valence-electron chi connectivity index (χ0n) is 16.6. The standard InChI is InChI=1S/C20H20F2N4O4S/c1-12-9-23-4-5-26(12)20(27)29-10-14-15(21)7-13(8-16(14)22)28-11-18-24-19(30-25-18)17-3-2-6-31-17/h2-3,6-8,12,23H,4-5,9-11H2,1H3/t12-/m1/s1. The fourth-order valence-electron chi connectivity index (χ4n) is 3.09. The van der Waals surface area contributed by atoms with Crippen molar-refractivity contribution in [1.82, 2.24) is 20.4 Å². The molecular weight excluding hydrogens is 430 g/mol. The molecule has 1 fully saturated rings. The highest BCUT2D eigenvalue weighted by molar-refractivity contribution is 7.13. The molecule has 3 heterocycles. The first-order valence-electron chi connectivity index (χ1n) is 9.62. The summed E-state index contributed by atoms with van der Waals surface area (Å²) in [5.41, 5.74) is -0.344. The van der Waals surface area contributed by atoms with Gasteiger partial charge in [-0.3, -0.25) is 0 Å². The minimum Gasteiger partial charge on any atom is -0.485 e. The Morgan fingerprint density at radius 3 is 2.87 bits per heavy atom. The number of nitrogens with one attached hydrogen (secondary N) is 1. The summed E-state index contributed by atoms with van der Waals surface area (Å²) < 4.78 is 44.5. The van der Waals surface area contributed by atoms with Crippen molar-refractivity contribution in [2.24, 2.45) is 0 Å². The monoisotopic (exact) mass is 450 g/mol. The number of halogens is 2. The number of piperazine rings is 1. The lowest BCUT2D eigenvalue weighted by molar-refractivity contribution is 0.0744. The fraction of sp³-hybridized carbons (Fsp3) is 0.350. The van der Waals surface area contributed by atoms with Gasteiger partial charge in [-0.15, -0.1) is 11.3 Å². The number of carbonyl (C=O) groups excluding carboxylic acids is 1. The van der Waals surface area contributed by atoms with Crippen LogP contribution in [0.5, 0.6) is 5.75 Å². The Morgan fingerprint density at radius 2 is 2.16 bits per heavy atom. The van der Waals surface area contributed by atoms with Gasteiger partial charge in [-0.2, -0.15) is 4.98 Å². The van der Waals surface area contributed by atoms with Gasteiger partial charge in [0.1, 0.15) is 24.0 Å². The number of aromatic nitrogens is 2. The van der Waals surface area contributed by atoms with Crippen molar-refractivity contribution in [3.63, 3.8) is 0 Å². The minimum absolute atomic E-state index is 0.0386. The third-order valence-corrected chi connectivity index (χ3v) is 5.62. The SMILES string of the molecule is C[C@@H]1CNCCN1C(=O)OCc1c(F)cc(OCc2noc(-c3cccs3)n2)cc1F. The van der Waals surface area contributed by atoms with E-state index in [0.717, 1.165) is 17.0 Å². The number of carbonyl (C=O) groups is 1. The van der Waals surface area contributed by atoms with Crippen LogP contribution in [0.2, 0.25) is 0 Å². The Bertz CT molecular complexity index is 1020. The second kappa shape index (κ2) is 9.40. The van der Waals surface area contributed by atoms with Gasteiger partial charge in [0.15, 0.2) is 6.61 Å². The van der Waals surface area contributed by atoms with Crippen LogP contribution >= 0.6 is 11.3 Å². The Morgan fingerprint density at radius 1 is 1.35 bits per heavy atom. The maximum absolute atomic E-state index is 14.4. The van der Waals surface area contributed by atoms with Crippen molar-refractivity contribution in [2.45, 2.75) is 26.2 Å². The summed E-state index contributed by atoms with van der Waals surface area (Å²) in [5.74, 6) is -1.19. The highest BCUT2D eigenvalue weighted by atomic mass is 32.1. The van der Waals surface area contributed by atoms with E-state index in [1.165, 1.54) is 16.2 Å². The molecule has 3 aromatic rings. The van der Waals surface area contributed by atoms with Crippen molar-refractivity contribution in [3.8, 4) is 16.5 Å². The van der Waals surface area contributed by atoms with Crippen LogP contribution in [-0.2, 0) is 18.0 Å². The Balaban J connectivity index is 1.35. The average Bonchev–Trinajstić information content (AvgIpc) is 3.43. The van der Waals surface area contributed by atoms with Crippen LogP contribution in [0.25, 0.3) is 10.8 Å². The second-order valence-electron chi connectivity index (χ2n) is 6.95. The quantitative estimate of drug-likeness (QED) is 0.614. The summed E-state index contributed by atoms with van der Waals surface area (Å²) in [6, 6.07) is 5.69. The summed E-state index contributed by atoms with van der Waals surface area (Å²) >= 11 is 1.45. The number of benzene rings is 1. The second-order valence-corrected chi connectivity index (χ2v) is 7.90. The van der Waals surface area contributed by atoms with E-state index in [-0.39, 0.29) is 29.8 Å². The van der Waals surface area contributed by atoms with Crippen LogP contribution in [0, 0.1) is 11.6 Å². The normalized spacial score (nSPS) is 16.4. The van der Waals surface area contributed by atoms with E-state index in [1.54, 1.807) is 0 Å². The van der Waals surface area contributed by atoms with Crippen LogP contribution in [0.4, 0.5) is 13.6 Å². The van der Waals surface area contributed by atoms with Crippen molar-refractivity contribution < 1.29 is 27.6 Å². The number of rotatable bonds is 6. The van der Waals surface area contributed by atoms with Crippen molar-refractivity contribution >= 4 is 17.4 Å². The van der Waals surface area contributed by atoms with Gasteiger partial charge in [0.25, 0.3) is 5.89 Å². The maximum Gasteiger partial charge on any atom is 0.410 e. The maximum atomic E-state index is 14.4.